The number of morpholine rings is 1. The van der Waals surface area contributed by atoms with E-state index < -0.39 is 5.97 Å². The zero-order valence-electron chi connectivity index (χ0n) is 11.6. The second-order valence-electron chi connectivity index (χ2n) is 5.04. The Morgan fingerprint density at radius 2 is 2.05 bits per heavy atom. The SMILES string of the molecule is O=C(O)CC1COCCN1C(=O)CCc1ccc(Br)cc1. The predicted molar refractivity (Wildman–Crippen MR) is 81.0 cm³/mol. The number of carboxylic acids is 1. The standard InChI is InChI=1S/C15H18BrNO4/c16-12-4-1-11(2-5-12)3-6-14(18)17-7-8-21-10-13(17)9-15(19)20/h1-2,4-5,13H,3,6-10H2,(H,19,20). The summed E-state index contributed by atoms with van der Waals surface area (Å²) >= 11 is 3.37. The van der Waals surface area contributed by atoms with Gasteiger partial charge in [-0.05, 0) is 24.1 Å². The number of carbonyl (C=O) groups excluding carboxylic acids is 1. The van der Waals surface area contributed by atoms with Gasteiger partial charge >= 0.3 is 5.97 Å². The van der Waals surface area contributed by atoms with Gasteiger partial charge in [-0.15, -0.1) is 0 Å². The molecule has 1 aliphatic heterocycles. The Kier molecular flexibility index (Phi) is 5.76. The Labute approximate surface area is 132 Å². The van der Waals surface area contributed by atoms with Gasteiger partial charge in [0.05, 0.1) is 25.7 Å². The van der Waals surface area contributed by atoms with Gasteiger partial charge in [-0.3, -0.25) is 9.59 Å². The zero-order chi connectivity index (χ0) is 15.2. The summed E-state index contributed by atoms with van der Waals surface area (Å²) in [7, 11) is 0. The normalized spacial score (nSPS) is 18.5. The Hall–Kier alpha value is -1.40. The van der Waals surface area contributed by atoms with E-state index in [4.69, 9.17) is 9.84 Å². The molecule has 5 nitrogen and oxygen atoms in total. The lowest BCUT2D eigenvalue weighted by Gasteiger charge is -2.35. The molecule has 0 aliphatic carbocycles. The van der Waals surface area contributed by atoms with Crippen LogP contribution in [0.4, 0.5) is 0 Å². The third-order valence-electron chi connectivity index (χ3n) is 3.50. The summed E-state index contributed by atoms with van der Waals surface area (Å²) in [5.41, 5.74) is 1.09. The first-order valence-corrected chi connectivity index (χ1v) is 7.69. The maximum absolute atomic E-state index is 12.3. The number of nitrogens with zero attached hydrogens (tertiary/aromatic N) is 1. The van der Waals surface area contributed by atoms with Gasteiger partial charge in [-0.2, -0.15) is 0 Å². The molecule has 0 radical (unpaired) electrons. The molecule has 114 valence electrons. The van der Waals surface area contributed by atoms with Crippen molar-refractivity contribution in [2.45, 2.75) is 25.3 Å². The van der Waals surface area contributed by atoms with Gasteiger partial charge in [-0.1, -0.05) is 28.1 Å². The number of hydrogen-bond acceptors (Lipinski definition) is 3. The molecule has 0 aromatic heterocycles. The van der Waals surface area contributed by atoms with Crippen LogP contribution in [0.1, 0.15) is 18.4 Å². The van der Waals surface area contributed by atoms with Gasteiger partial charge in [0.25, 0.3) is 0 Å². The van der Waals surface area contributed by atoms with E-state index in [2.05, 4.69) is 15.9 Å². The van der Waals surface area contributed by atoms with Crippen molar-refractivity contribution >= 4 is 27.8 Å². The topological polar surface area (TPSA) is 66.8 Å². The number of amides is 1. The van der Waals surface area contributed by atoms with Crippen LogP contribution in [0.5, 0.6) is 0 Å². The summed E-state index contributed by atoms with van der Waals surface area (Å²) in [6.45, 7) is 1.24. The number of carbonyl (C=O) groups is 2. The predicted octanol–water partition coefficient (Wildman–Crippen LogP) is 2.08. The molecule has 1 fully saturated rings. The van der Waals surface area contributed by atoms with Gasteiger partial charge in [0.15, 0.2) is 0 Å². The summed E-state index contributed by atoms with van der Waals surface area (Å²) in [5.74, 6) is -0.913. The lowest BCUT2D eigenvalue weighted by atomic mass is 10.1. The molecule has 1 aromatic carbocycles. The van der Waals surface area contributed by atoms with E-state index in [9.17, 15) is 9.59 Å². The largest absolute Gasteiger partial charge is 0.481 e. The lowest BCUT2D eigenvalue weighted by molar-refractivity contribution is -0.146. The van der Waals surface area contributed by atoms with Crippen LogP contribution in [0.15, 0.2) is 28.7 Å². The second-order valence-corrected chi connectivity index (χ2v) is 5.96. The molecule has 1 atom stereocenters. The number of aliphatic carboxylic acids is 1. The van der Waals surface area contributed by atoms with Gasteiger partial charge in [0.2, 0.25) is 5.91 Å². The van der Waals surface area contributed by atoms with Crippen LogP contribution >= 0.6 is 15.9 Å². The number of hydrogen-bond donors (Lipinski definition) is 1. The van der Waals surface area contributed by atoms with Crippen LogP contribution in [0.25, 0.3) is 0 Å². The minimum Gasteiger partial charge on any atom is -0.481 e. The molecule has 6 heteroatoms. The van der Waals surface area contributed by atoms with E-state index in [1.807, 2.05) is 24.3 Å². The average Bonchev–Trinajstić information content (AvgIpc) is 2.46. The van der Waals surface area contributed by atoms with Crippen LogP contribution in [0.3, 0.4) is 0 Å². The van der Waals surface area contributed by atoms with E-state index in [0.717, 1.165) is 10.0 Å². The molecule has 1 aromatic rings. The van der Waals surface area contributed by atoms with Crippen LogP contribution in [0, 0.1) is 0 Å². The molecule has 1 heterocycles. The van der Waals surface area contributed by atoms with Crippen molar-refractivity contribution in [2.24, 2.45) is 0 Å². The number of aryl methyl sites for hydroxylation is 1. The smallest absolute Gasteiger partial charge is 0.305 e. The summed E-state index contributed by atoms with van der Waals surface area (Å²) < 4.78 is 6.28. The third kappa shape index (κ3) is 4.82. The highest BCUT2D eigenvalue weighted by molar-refractivity contribution is 9.10. The van der Waals surface area contributed by atoms with Crippen LogP contribution in [-0.2, 0) is 20.7 Å². The highest BCUT2D eigenvalue weighted by atomic mass is 79.9. The molecule has 1 N–H and O–H groups in total. The Morgan fingerprint density at radius 1 is 1.33 bits per heavy atom. The molecule has 0 bridgehead atoms. The summed E-state index contributed by atoms with van der Waals surface area (Å²) in [6.07, 6.45) is 0.977. The first-order chi connectivity index (χ1) is 10.1. The van der Waals surface area contributed by atoms with E-state index >= 15 is 0 Å². The van der Waals surface area contributed by atoms with Crippen molar-refractivity contribution in [3.8, 4) is 0 Å². The molecule has 1 aliphatic rings. The van der Waals surface area contributed by atoms with E-state index in [1.165, 1.54) is 0 Å². The van der Waals surface area contributed by atoms with Crippen molar-refractivity contribution in [3.63, 3.8) is 0 Å². The van der Waals surface area contributed by atoms with Crippen LogP contribution in [-0.4, -0.2) is 47.7 Å². The fraction of sp³-hybridized carbons (Fsp3) is 0.467. The minimum absolute atomic E-state index is 0.00697. The third-order valence-corrected chi connectivity index (χ3v) is 4.03. The average molecular weight is 356 g/mol. The summed E-state index contributed by atoms with van der Waals surface area (Å²) in [5, 5.41) is 8.90. The fourth-order valence-electron chi connectivity index (χ4n) is 2.40. The van der Waals surface area contributed by atoms with E-state index in [0.29, 0.717) is 32.6 Å². The van der Waals surface area contributed by atoms with Crippen molar-refractivity contribution < 1.29 is 19.4 Å². The number of halogens is 1. The molecule has 1 unspecified atom stereocenters. The van der Waals surface area contributed by atoms with Gasteiger partial charge in [-0.25, -0.2) is 0 Å². The molecular weight excluding hydrogens is 338 g/mol. The number of rotatable bonds is 5. The van der Waals surface area contributed by atoms with Crippen molar-refractivity contribution in [2.75, 3.05) is 19.8 Å². The highest BCUT2D eigenvalue weighted by Gasteiger charge is 2.28. The number of benzene rings is 1. The van der Waals surface area contributed by atoms with Gasteiger partial charge < -0.3 is 14.7 Å². The number of carboxylic acid groups (broad SMARTS) is 1. The Balaban J connectivity index is 1.91. The lowest BCUT2D eigenvalue weighted by Crippen LogP contribution is -2.49. The summed E-state index contributed by atoms with van der Waals surface area (Å²) in [6, 6.07) is 7.49. The van der Waals surface area contributed by atoms with Crippen LogP contribution in [0.2, 0.25) is 0 Å². The Bertz CT molecular complexity index is 503. The van der Waals surface area contributed by atoms with Crippen LogP contribution < -0.4 is 0 Å². The first-order valence-electron chi connectivity index (χ1n) is 6.89. The minimum atomic E-state index is -0.906. The molecule has 0 saturated carbocycles. The van der Waals surface area contributed by atoms with Gasteiger partial charge in [0.1, 0.15) is 0 Å². The highest BCUT2D eigenvalue weighted by Crippen LogP contribution is 2.15. The van der Waals surface area contributed by atoms with Crippen molar-refractivity contribution in [1.82, 2.24) is 4.90 Å². The summed E-state index contributed by atoms with van der Waals surface area (Å²) in [4.78, 5) is 24.8. The number of ether oxygens (including phenoxy) is 1. The first kappa shape index (κ1) is 16.0. The monoisotopic (exact) mass is 355 g/mol. The van der Waals surface area contributed by atoms with Crippen molar-refractivity contribution in [1.29, 1.82) is 0 Å². The van der Waals surface area contributed by atoms with Gasteiger partial charge in [0, 0.05) is 17.4 Å². The molecule has 1 saturated heterocycles. The maximum atomic E-state index is 12.3. The fourth-order valence-corrected chi connectivity index (χ4v) is 2.66. The van der Waals surface area contributed by atoms with E-state index in [1.54, 1.807) is 4.90 Å². The zero-order valence-corrected chi connectivity index (χ0v) is 13.2. The molecule has 2 rings (SSSR count). The molecule has 21 heavy (non-hydrogen) atoms. The molecular formula is C15H18BrNO4. The molecule has 0 spiro atoms. The van der Waals surface area contributed by atoms with Crippen molar-refractivity contribution in [3.05, 3.63) is 34.3 Å². The van der Waals surface area contributed by atoms with E-state index in [-0.39, 0.29) is 18.4 Å². The molecule has 1 amide bonds. The quantitative estimate of drug-likeness (QED) is 0.877. The Morgan fingerprint density at radius 3 is 2.71 bits per heavy atom. The second kappa shape index (κ2) is 7.56. The maximum Gasteiger partial charge on any atom is 0.305 e.